The van der Waals surface area contributed by atoms with Gasteiger partial charge in [-0.15, -0.1) is 0 Å². The Morgan fingerprint density at radius 3 is 2.48 bits per heavy atom. The Morgan fingerprint density at radius 1 is 1.22 bits per heavy atom. The molecule has 1 aliphatic rings. The van der Waals surface area contributed by atoms with Crippen LogP contribution in [0.15, 0.2) is 33.2 Å². The number of esters is 1. The molecular weight excluding hydrogens is 433 g/mol. The van der Waals surface area contributed by atoms with Crippen LogP contribution in [0.1, 0.15) is 34.1 Å². The third kappa shape index (κ3) is 2.65. The van der Waals surface area contributed by atoms with Crippen LogP contribution in [0.25, 0.3) is 0 Å². The number of hydrogen-bond donors (Lipinski definition) is 0. The van der Waals surface area contributed by atoms with Gasteiger partial charge in [0.1, 0.15) is 11.5 Å². The van der Waals surface area contributed by atoms with E-state index in [2.05, 4.69) is 31.9 Å². The molecule has 0 saturated heterocycles. The highest BCUT2D eigenvalue weighted by atomic mass is 79.9. The van der Waals surface area contributed by atoms with Crippen LogP contribution < -0.4 is 0 Å². The number of ether oxygens (including phenoxy) is 1. The zero-order valence-corrected chi connectivity index (χ0v) is 15.3. The minimum atomic E-state index is -0.402. The van der Waals surface area contributed by atoms with E-state index in [0.29, 0.717) is 33.2 Å². The molecule has 0 amide bonds. The standard InChI is InChI=1S/C16H12Br2FNO3/c1-23-16(22)10-6-7-20-13(10)11(17)12(18)14(20)15(21)8-2-4-9(19)5-3-8/h2-5,10H,6-7H2,1H3. The monoisotopic (exact) mass is 443 g/mol. The van der Waals surface area contributed by atoms with Crippen molar-refractivity contribution >= 4 is 43.6 Å². The van der Waals surface area contributed by atoms with Crippen molar-refractivity contribution in [3.63, 3.8) is 0 Å². The van der Waals surface area contributed by atoms with Crippen molar-refractivity contribution in [2.75, 3.05) is 7.11 Å². The highest BCUT2D eigenvalue weighted by Gasteiger charge is 2.37. The number of ketones is 1. The molecule has 1 aromatic carbocycles. The topological polar surface area (TPSA) is 48.3 Å². The Kier molecular flexibility index (Phi) is 4.42. The van der Waals surface area contributed by atoms with E-state index < -0.39 is 11.7 Å². The van der Waals surface area contributed by atoms with E-state index in [9.17, 15) is 14.0 Å². The highest BCUT2D eigenvalue weighted by Crippen LogP contribution is 2.43. The van der Waals surface area contributed by atoms with Gasteiger partial charge < -0.3 is 9.30 Å². The van der Waals surface area contributed by atoms with Gasteiger partial charge in [0.05, 0.1) is 22.0 Å². The molecule has 1 atom stereocenters. The maximum atomic E-state index is 13.0. The van der Waals surface area contributed by atoms with E-state index in [1.54, 1.807) is 0 Å². The largest absolute Gasteiger partial charge is 0.469 e. The molecule has 4 nitrogen and oxygen atoms in total. The smallest absolute Gasteiger partial charge is 0.314 e. The van der Waals surface area contributed by atoms with Crippen LogP contribution >= 0.6 is 31.9 Å². The van der Waals surface area contributed by atoms with E-state index in [1.165, 1.54) is 31.4 Å². The molecule has 3 rings (SSSR count). The molecule has 1 unspecified atom stereocenters. The van der Waals surface area contributed by atoms with Crippen LogP contribution in [0.2, 0.25) is 0 Å². The van der Waals surface area contributed by atoms with Gasteiger partial charge in [-0.3, -0.25) is 9.59 Å². The first-order chi connectivity index (χ1) is 11.0. The van der Waals surface area contributed by atoms with Gasteiger partial charge in [-0.25, -0.2) is 4.39 Å². The molecule has 23 heavy (non-hydrogen) atoms. The number of rotatable bonds is 3. The summed E-state index contributed by atoms with van der Waals surface area (Å²) in [7, 11) is 1.35. The number of carbonyl (C=O) groups is 2. The van der Waals surface area contributed by atoms with Crippen LogP contribution in [0.5, 0.6) is 0 Å². The lowest BCUT2D eigenvalue weighted by atomic mass is 10.1. The third-order valence-corrected chi connectivity index (χ3v) is 6.07. The summed E-state index contributed by atoms with van der Waals surface area (Å²) in [6, 6.07) is 5.40. The summed E-state index contributed by atoms with van der Waals surface area (Å²) < 4.78 is 21.0. The fourth-order valence-corrected chi connectivity index (χ4v) is 4.15. The van der Waals surface area contributed by atoms with E-state index in [0.717, 1.165) is 5.69 Å². The second-order valence-corrected chi connectivity index (χ2v) is 6.80. The molecule has 0 aliphatic carbocycles. The van der Waals surface area contributed by atoms with Crippen molar-refractivity contribution in [3.8, 4) is 0 Å². The van der Waals surface area contributed by atoms with E-state index >= 15 is 0 Å². The molecule has 1 aliphatic heterocycles. The van der Waals surface area contributed by atoms with Crippen LogP contribution in [0.3, 0.4) is 0 Å². The average Bonchev–Trinajstić information content (AvgIpc) is 3.07. The number of methoxy groups -OCH3 is 1. The lowest BCUT2D eigenvalue weighted by Gasteiger charge is -2.07. The maximum absolute atomic E-state index is 13.0. The molecular formula is C16H12Br2FNO3. The SMILES string of the molecule is COC(=O)C1CCn2c(C(=O)c3ccc(F)cc3)c(Br)c(Br)c21. The predicted octanol–water partition coefficient (Wildman–Crippen LogP) is 4.04. The van der Waals surface area contributed by atoms with Crippen molar-refractivity contribution in [1.82, 2.24) is 4.57 Å². The molecule has 1 aromatic heterocycles. The Labute approximate surface area is 148 Å². The fourth-order valence-electron chi connectivity index (χ4n) is 2.87. The van der Waals surface area contributed by atoms with Gasteiger partial charge in [-0.2, -0.15) is 0 Å². The lowest BCUT2D eigenvalue weighted by molar-refractivity contribution is -0.142. The summed E-state index contributed by atoms with van der Waals surface area (Å²) in [5.41, 5.74) is 1.57. The summed E-state index contributed by atoms with van der Waals surface area (Å²) in [4.78, 5) is 24.7. The van der Waals surface area contributed by atoms with Crippen molar-refractivity contribution in [3.05, 3.63) is 56.0 Å². The van der Waals surface area contributed by atoms with Crippen molar-refractivity contribution in [2.24, 2.45) is 0 Å². The summed E-state index contributed by atoms with van der Waals surface area (Å²) in [6.07, 6.45) is 0.581. The molecule has 0 fully saturated rings. The Balaban J connectivity index is 2.08. The van der Waals surface area contributed by atoms with E-state index in [-0.39, 0.29) is 11.8 Å². The minimum absolute atomic E-state index is 0.227. The van der Waals surface area contributed by atoms with Gasteiger partial charge in [-0.1, -0.05) is 0 Å². The normalized spacial score (nSPS) is 16.3. The first kappa shape index (κ1) is 16.4. The van der Waals surface area contributed by atoms with Crippen LogP contribution in [-0.4, -0.2) is 23.4 Å². The number of halogens is 3. The minimum Gasteiger partial charge on any atom is -0.469 e. The molecule has 2 heterocycles. The second-order valence-electron chi connectivity index (χ2n) is 5.21. The van der Waals surface area contributed by atoms with Crippen LogP contribution in [-0.2, 0) is 16.1 Å². The number of aromatic nitrogens is 1. The molecule has 0 N–H and O–H groups in total. The van der Waals surface area contributed by atoms with Crippen LogP contribution in [0.4, 0.5) is 4.39 Å². The van der Waals surface area contributed by atoms with Gasteiger partial charge >= 0.3 is 5.97 Å². The molecule has 120 valence electrons. The molecule has 0 radical (unpaired) electrons. The fraction of sp³-hybridized carbons (Fsp3) is 0.250. The summed E-state index contributed by atoms with van der Waals surface area (Å²) in [5, 5.41) is 0. The summed E-state index contributed by atoms with van der Waals surface area (Å²) in [6.45, 7) is 0.543. The summed E-state index contributed by atoms with van der Waals surface area (Å²) in [5.74, 6) is -1.35. The number of benzene rings is 1. The first-order valence-electron chi connectivity index (χ1n) is 6.91. The number of carbonyl (C=O) groups excluding carboxylic acids is 2. The predicted molar refractivity (Wildman–Crippen MR) is 89.0 cm³/mol. The van der Waals surface area contributed by atoms with Gasteiger partial charge in [-0.05, 0) is 62.5 Å². The zero-order valence-electron chi connectivity index (χ0n) is 12.1. The van der Waals surface area contributed by atoms with E-state index in [4.69, 9.17) is 4.74 Å². The third-order valence-electron chi connectivity index (χ3n) is 3.96. The quantitative estimate of drug-likeness (QED) is 0.530. The van der Waals surface area contributed by atoms with E-state index in [1.807, 2.05) is 4.57 Å². The first-order valence-corrected chi connectivity index (χ1v) is 8.49. The van der Waals surface area contributed by atoms with Gasteiger partial charge in [0.2, 0.25) is 5.78 Å². The van der Waals surface area contributed by atoms with Gasteiger partial charge in [0, 0.05) is 17.8 Å². The Morgan fingerprint density at radius 2 is 1.87 bits per heavy atom. The molecule has 0 saturated carbocycles. The number of fused-ring (bicyclic) bond motifs is 1. The zero-order chi connectivity index (χ0) is 16.7. The van der Waals surface area contributed by atoms with Crippen molar-refractivity contribution in [1.29, 1.82) is 0 Å². The molecule has 0 bridgehead atoms. The highest BCUT2D eigenvalue weighted by molar-refractivity contribution is 9.13. The average molecular weight is 445 g/mol. The number of hydrogen-bond acceptors (Lipinski definition) is 3. The molecule has 0 spiro atoms. The Bertz CT molecular complexity index is 799. The van der Waals surface area contributed by atoms with Gasteiger partial charge in [0.15, 0.2) is 0 Å². The molecule has 7 heteroatoms. The number of nitrogens with zero attached hydrogens (tertiary/aromatic N) is 1. The van der Waals surface area contributed by atoms with Crippen molar-refractivity contribution < 1.29 is 18.7 Å². The summed E-state index contributed by atoms with van der Waals surface area (Å²) >= 11 is 6.88. The van der Waals surface area contributed by atoms with Gasteiger partial charge in [0.25, 0.3) is 0 Å². The Hall–Kier alpha value is -1.47. The lowest BCUT2D eigenvalue weighted by Crippen LogP contribution is -2.12. The molecule has 2 aromatic rings. The van der Waals surface area contributed by atoms with Crippen LogP contribution in [0, 0.1) is 5.82 Å². The van der Waals surface area contributed by atoms with Crippen molar-refractivity contribution in [2.45, 2.75) is 18.9 Å². The maximum Gasteiger partial charge on any atom is 0.314 e. The second kappa shape index (κ2) is 6.20.